The Bertz CT molecular complexity index is 995. The molecule has 1 unspecified atom stereocenters. The molecule has 1 saturated heterocycles. The number of thiol groups is 1. The van der Waals surface area contributed by atoms with Crippen LogP contribution < -0.4 is 21.4 Å². The van der Waals surface area contributed by atoms with Gasteiger partial charge in [-0.1, -0.05) is 0 Å². The molecule has 4 atom stereocenters. The molecule has 11 nitrogen and oxygen atoms in total. The van der Waals surface area contributed by atoms with E-state index in [1.807, 2.05) is 0 Å². The lowest BCUT2D eigenvalue weighted by molar-refractivity contribution is -0.215. The van der Waals surface area contributed by atoms with E-state index in [4.69, 9.17) is 15.0 Å². The lowest BCUT2D eigenvalue weighted by Crippen LogP contribution is -2.42. The minimum Gasteiger partial charge on any atom is -0.856 e. The van der Waals surface area contributed by atoms with E-state index in [1.165, 1.54) is 24.5 Å². The predicted octanol–water partition coefficient (Wildman–Crippen LogP) is -1.09. The van der Waals surface area contributed by atoms with E-state index in [-0.39, 0.29) is 11.4 Å². The maximum atomic E-state index is 14.4. The predicted molar refractivity (Wildman–Crippen MR) is 100 cm³/mol. The number of halogens is 2. The molecule has 2 aromatic rings. The van der Waals surface area contributed by atoms with Gasteiger partial charge < -0.3 is 25.6 Å². The lowest BCUT2D eigenvalue weighted by Gasteiger charge is -2.22. The molecule has 0 bridgehead atoms. The number of ether oxygens (including phenoxy) is 1. The van der Waals surface area contributed by atoms with Crippen LogP contribution in [0, 0.1) is 0 Å². The molecule has 0 radical (unpaired) electrons. The van der Waals surface area contributed by atoms with E-state index < -0.39 is 49.6 Å². The van der Waals surface area contributed by atoms with Gasteiger partial charge in [0.1, 0.15) is 18.5 Å². The van der Waals surface area contributed by atoms with E-state index in [0.29, 0.717) is 4.57 Å². The number of rotatable bonds is 6. The standard InChI is InChI=1S/C15H16F2N5O6PS/c16-15(17)11(23)9(28-13(15)22-6-3-10(18)20-14(22)25)7-27-29(26,30)21-12(24)8-1-4-19-5-2-8/h1-6,9,11,13,23H,7H2,(H2,18,20,25)(H2,21,24,26,30)/p-1/t9-,11-,13-,29?/m1/s1. The maximum absolute atomic E-state index is 14.4. The van der Waals surface area contributed by atoms with Crippen molar-refractivity contribution in [2.75, 3.05) is 12.3 Å². The maximum Gasteiger partial charge on any atom is 0.351 e. The highest BCUT2D eigenvalue weighted by Crippen LogP contribution is 2.58. The normalized spacial score (nSPS) is 25.8. The van der Waals surface area contributed by atoms with Gasteiger partial charge >= 0.3 is 11.6 Å². The number of aliphatic hydroxyl groups is 1. The van der Waals surface area contributed by atoms with Gasteiger partial charge in [0.25, 0.3) is 7.07 Å². The Hall–Kier alpha value is -2.22. The van der Waals surface area contributed by atoms with E-state index in [9.17, 15) is 28.7 Å². The lowest BCUT2D eigenvalue weighted by atomic mass is 10.1. The molecule has 30 heavy (non-hydrogen) atoms. The van der Waals surface area contributed by atoms with Gasteiger partial charge in [-0.3, -0.25) is 9.55 Å². The third-order valence-corrected chi connectivity index (χ3v) is 5.57. The van der Waals surface area contributed by atoms with E-state index in [1.54, 1.807) is 0 Å². The van der Waals surface area contributed by atoms with Gasteiger partial charge in [0.2, 0.25) is 6.23 Å². The monoisotopic (exact) mass is 462 g/mol. The van der Waals surface area contributed by atoms with Crippen LogP contribution in [0.2, 0.25) is 0 Å². The average Bonchev–Trinajstić information content (AvgIpc) is 2.90. The molecule has 15 heteroatoms. The number of aromatic nitrogens is 3. The van der Waals surface area contributed by atoms with Crippen LogP contribution in [0.3, 0.4) is 0 Å². The highest BCUT2D eigenvalue weighted by Gasteiger charge is 2.60. The fourth-order valence-corrected chi connectivity index (χ4v) is 3.76. The van der Waals surface area contributed by atoms with E-state index in [0.717, 1.165) is 12.3 Å². The van der Waals surface area contributed by atoms with Gasteiger partial charge in [-0.25, -0.2) is 9.32 Å². The molecule has 3 rings (SSSR count). The first-order valence-corrected chi connectivity index (χ1v) is 11.0. The van der Waals surface area contributed by atoms with Crippen molar-refractivity contribution in [2.24, 2.45) is 4.76 Å². The topological polar surface area (TPSA) is 171 Å². The summed E-state index contributed by atoms with van der Waals surface area (Å²) in [7, 11) is -4.23. The van der Waals surface area contributed by atoms with Gasteiger partial charge in [-0.2, -0.15) is 13.8 Å². The highest BCUT2D eigenvalue weighted by molar-refractivity contribution is 8.48. The van der Waals surface area contributed by atoms with Gasteiger partial charge in [0.15, 0.2) is 6.10 Å². The second-order valence-corrected chi connectivity index (χ2v) is 9.07. The van der Waals surface area contributed by atoms with E-state index >= 15 is 0 Å². The van der Waals surface area contributed by atoms with Crippen LogP contribution in [-0.2, 0) is 9.26 Å². The summed E-state index contributed by atoms with van der Waals surface area (Å²) >= 11 is 3.67. The summed E-state index contributed by atoms with van der Waals surface area (Å²) in [5.41, 5.74) is 4.26. The minimum absolute atomic E-state index is 0.0573. The number of alkyl halides is 2. The Labute approximate surface area is 173 Å². The molecule has 3 N–H and O–H groups in total. The van der Waals surface area contributed by atoms with Crippen LogP contribution in [0.15, 0.2) is 46.3 Å². The van der Waals surface area contributed by atoms with Crippen molar-refractivity contribution in [2.45, 2.75) is 24.4 Å². The first-order chi connectivity index (χ1) is 14.0. The summed E-state index contributed by atoms with van der Waals surface area (Å²) in [5.74, 6) is -5.03. The number of nitrogens with two attached hydrogens (primary N) is 1. The van der Waals surface area contributed by atoms with Crippen molar-refractivity contribution in [1.82, 2.24) is 14.5 Å². The summed E-state index contributed by atoms with van der Waals surface area (Å²) in [5, 5.41) is 21.9. The summed E-state index contributed by atoms with van der Waals surface area (Å²) in [6.07, 6.45) is -2.78. The second-order valence-electron chi connectivity index (χ2n) is 6.12. The average molecular weight is 462 g/mol. The van der Waals surface area contributed by atoms with E-state index in [2.05, 4.69) is 27.0 Å². The van der Waals surface area contributed by atoms with Crippen molar-refractivity contribution in [1.29, 1.82) is 0 Å². The summed E-state index contributed by atoms with van der Waals surface area (Å²) < 4.78 is 42.6. The molecule has 1 fully saturated rings. The van der Waals surface area contributed by atoms with Crippen LogP contribution in [0.1, 0.15) is 11.8 Å². The molecule has 1 aliphatic rings. The van der Waals surface area contributed by atoms with Crippen LogP contribution in [0.5, 0.6) is 0 Å². The summed E-state index contributed by atoms with van der Waals surface area (Å²) in [6.45, 7) is -0.849. The van der Waals surface area contributed by atoms with Crippen LogP contribution in [0.4, 0.5) is 14.6 Å². The highest BCUT2D eigenvalue weighted by atomic mass is 32.7. The van der Waals surface area contributed by atoms with Crippen molar-refractivity contribution >= 4 is 31.0 Å². The molecule has 0 aromatic carbocycles. The quantitative estimate of drug-likeness (QED) is 0.209. The molecular formula is C15H15F2N5O6PS-. The smallest absolute Gasteiger partial charge is 0.351 e. The third kappa shape index (κ3) is 4.74. The van der Waals surface area contributed by atoms with Crippen molar-refractivity contribution < 1.29 is 33.1 Å². The summed E-state index contributed by atoms with van der Waals surface area (Å²) in [6, 6.07) is 3.72. The zero-order valence-electron chi connectivity index (χ0n) is 14.9. The largest absolute Gasteiger partial charge is 0.856 e. The summed E-state index contributed by atoms with van der Waals surface area (Å²) in [4.78, 5) is 31.2. The molecule has 1 aliphatic heterocycles. The van der Waals surface area contributed by atoms with Crippen molar-refractivity contribution in [3.63, 3.8) is 0 Å². The first-order valence-electron chi connectivity index (χ1n) is 8.22. The molecule has 3 heterocycles. The van der Waals surface area contributed by atoms with Gasteiger partial charge in [-0.15, -0.1) is 4.76 Å². The molecular weight excluding hydrogens is 447 g/mol. The van der Waals surface area contributed by atoms with Gasteiger partial charge in [0, 0.05) is 24.5 Å². The van der Waals surface area contributed by atoms with Crippen molar-refractivity contribution in [3.05, 3.63) is 52.8 Å². The fraction of sp³-hybridized carbons (Fsp3) is 0.333. The van der Waals surface area contributed by atoms with Crippen LogP contribution >= 0.6 is 19.3 Å². The fourth-order valence-electron chi connectivity index (χ4n) is 2.58. The van der Waals surface area contributed by atoms with Crippen LogP contribution in [0.25, 0.3) is 0 Å². The molecule has 0 amide bonds. The number of nitrogens with zero attached hydrogens (tertiary/aromatic N) is 4. The Morgan fingerprint density at radius 3 is 2.77 bits per heavy atom. The second kappa shape index (κ2) is 8.49. The molecule has 0 saturated carbocycles. The number of aliphatic hydroxyl groups excluding tert-OH is 1. The molecule has 162 valence electrons. The zero-order chi connectivity index (χ0) is 22.1. The molecule has 0 spiro atoms. The van der Waals surface area contributed by atoms with Gasteiger partial charge in [0.05, 0.1) is 12.2 Å². The number of hydrogen-bond donors (Lipinski definition) is 3. The Balaban J connectivity index is 1.73. The number of nitrogen functional groups attached to an aromatic ring is 1. The number of pyridine rings is 1. The molecule has 0 aliphatic carbocycles. The van der Waals surface area contributed by atoms with Crippen LogP contribution in [-0.4, -0.2) is 50.3 Å². The Morgan fingerprint density at radius 2 is 2.13 bits per heavy atom. The zero-order valence-corrected chi connectivity index (χ0v) is 16.7. The Kier molecular flexibility index (Phi) is 6.36. The number of anilines is 1. The Morgan fingerprint density at radius 1 is 1.47 bits per heavy atom. The SMILES string of the molecule is Nc1ccn([C@@H]2O[C@H](CO[P+]([O-])(S)N=C([O-])c3ccncc3)[C@@H](O)C2(F)F)c(=O)n1. The van der Waals surface area contributed by atoms with Gasteiger partial charge in [-0.05, 0) is 23.8 Å². The minimum atomic E-state index is -4.23. The third-order valence-electron chi connectivity index (χ3n) is 4.04. The number of hydrogen-bond acceptors (Lipinski definition) is 11. The van der Waals surface area contributed by atoms with Crippen molar-refractivity contribution in [3.8, 4) is 0 Å². The molecule has 2 aromatic heterocycles. The first kappa shape index (κ1) is 22.5.